The van der Waals surface area contributed by atoms with Crippen LogP contribution in [0.5, 0.6) is 0 Å². The van der Waals surface area contributed by atoms with Gasteiger partial charge in [-0.2, -0.15) is 10.2 Å². The van der Waals surface area contributed by atoms with Crippen LogP contribution in [-0.2, 0) is 6.54 Å². The van der Waals surface area contributed by atoms with E-state index in [0.717, 1.165) is 0 Å². The quantitative estimate of drug-likeness (QED) is 0.718. The highest BCUT2D eigenvalue weighted by Crippen LogP contribution is 2.24. The molecule has 1 aromatic carbocycles. The van der Waals surface area contributed by atoms with Crippen LogP contribution < -0.4 is 0 Å². The van der Waals surface area contributed by atoms with Gasteiger partial charge in [0.05, 0.1) is 6.54 Å². The van der Waals surface area contributed by atoms with Crippen molar-refractivity contribution < 1.29 is 9.18 Å². The molecule has 0 saturated heterocycles. The van der Waals surface area contributed by atoms with Gasteiger partial charge in [0.2, 0.25) is 0 Å². The maximum Gasteiger partial charge on any atom is 0.271 e. The van der Waals surface area contributed by atoms with Gasteiger partial charge >= 0.3 is 0 Å². The molecule has 3 heterocycles. The van der Waals surface area contributed by atoms with Crippen LogP contribution in [0, 0.1) is 12.7 Å². The van der Waals surface area contributed by atoms with E-state index in [0.29, 0.717) is 41.8 Å². The fraction of sp³-hybridized carbons (Fsp3) is 0.250. The minimum absolute atomic E-state index is 0.0892. The topological polar surface area (TPSA) is 68.8 Å². The molecule has 1 amide bonds. The van der Waals surface area contributed by atoms with E-state index in [-0.39, 0.29) is 5.91 Å². The van der Waals surface area contributed by atoms with Crippen molar-refractivity contribution in [2.45, 2.75) is 13.5 Å². The average Bonchev–Trinajstić information content (AvgIpc) is 3.15. The number of benzene rings is 1. The van der Waals surface area contributed by atoms with Crippen LogP contribution in [0.1, 0.15) is 16.3 Å². The summed E-state index contributed by atoms with van der Waals surface area (Å²) in [5, 5.41) is 8.74. The van der Waals surface area contributed by atoms with Gasteiger partial charge in [-0.25, -0.2) is 14.1 Å². The Labute approximate surface area is 137 Å². The Morgan fingerprint density at radius 3 is 2.75 bits per heavy atom. The first kappa shape index (κ1) is 14.6. The second kappa shape index (κ2) is 5.26. The summed E-state index contributed by atoms with van der Waals surface area (Å²) >= 11 is 0. The van der Waals surface area contributed by atoms with Gasteiger partial charge < -0.3 is 4.90 Å². The van der Waals surface area contributed by atoms with Crippen molar-refractivity contribution in [1.29, 1.82) is 0 Å². The lowest BCUT2D eigenvalue weighted by Gasteiger charge is -2.22. The van der Waals surface area contributed by atoms with Crippen LogP contribution in [0.15, 0.2) is 30.3 Å². The van der Waals surface area contributed by atoms with Crippen LogP contribution in [0.2, 0.25) is 0 Å². The number of fused-ring (bicyclic) bond motifs is 1. The third-order valence-corrected chi connectivity index (χ3v) is 4.02. The molecule has 3 aromatic rings. The van der Waals surface area contributed by atoms with Crippen LogP contribution >= 0.6 is 0 Å². The predicted octanol–water partition coefficient (Wildman–Crippen LogP) is 1.66. The molecule has 4 rings (SSSR count). The summed E-state index contributed by atoms with van der Waals surface area (Å²) in [5.41, 5.74) is 1.29. The number of aromatic nitrogens is 5. The molecule has 0 aliphatic carbocycles. The molecule has 0 fully saturated rings. The van der Waals surface area contributed by atoms with Crippen molar-refractivity contribution >= 4 is 5.91 Å². The third-order valence-electron chi connectivity index (χ3n) is 4.02. The number of hydrogen-bond acceptors (Lipinski definition) is 4. The largest absolute Gasteiger partial charge is 0.339 e. The van der Waals surface area contributed by atoms with Crippen molar-refractivity contribution in [3.05, 3.63) is 47.7 Å². The van der Waals surface area contributed by atoms with Crippen LogP contribution in [0.4, 0.5) is 4.39 Å². The van der Waals surface area contributed by atoms with E-state index < -0.39 is 5.82 Å². The zero-order valence-electron chi connectivity index (χ0n) is 13.3. The first-order valence-corrected chi connectivity index (χ1v) is 7.57. The van der Waals surface area contributed by atoms with E-state index in [1.54, 1.807) is 47.8 Å². The van der Waals surface area contributed by atoms with Gasteiger partial charge in [-0.1, -0.05) is 12.1 Å². The Morgan fingerprint density at radius 1 is 1.17 bits per heavy atom. The number of aryl methyl sites for hydroxylation is 1. The van der Waals surface area contributed by atoms with Crippen LogP contribution in [0.3, 0.4) is 0 Å². The first-order chi connectivity index (χ1) is 11.5. The highest BCUT2D eigenvalue weighted by molar-refractivity contribution is 5.94. The van der Waals surface area contributed by atoms with Gasteiger partial charge in [-0.05, 0) is 19.1 Å². The van der Waals surface area contributed by atoms with Crippen molar-refractivity contribution in [2.75, 3.05) is 13.6 Å². The fourth-order valence-corrected chi connectivity index (χ4v) is 2.78. The van der Waals surface area contributed by atoms with E-state index in [2.05, 4.69) is 15.2 Å². The predicted molar refractivity (Wildman–Crippen MR) is 84.2 cm³/mol. The number of rotatable bonds is 2. The molecule has 0 spiro atoms. The van der Waals surface area contributed by atoms with E-state index in [1.165, 1.54) is 10.7 Å². The Bertz CT molecular complexity index is 944. The zero-order chi connectivity index (χ0) is 16.8. The molecular weight excluding hydrogens is 311 g/mol. The smallest absolute Gasteiger partial charge is 0.271 e. The SMILES string of the molecule is Cc1nc(-c2cc3n(n2)CCN(C)C3=O)n(-c2ccccc2F)n1. The van der Waals surface area contributed by atoms with Crippen molar-refractivity contribution in [3.8, 4) is 17.2 Å². The number of para-hydroxylation sites is 1. The van der Waals surface area contributed by atoms with Gasteiger partial charge in [0.25, 0.3) is 5.91 Å². The van der Waals surface area contributed by atoms with E-state index >= 15 is 0 Å². The van der Waals surface area contributed by atoms with Gasteiger partial charge in [-0.3, -0.25) is 9.48 Å². The van der Waals surface area contributed by atoms with E-state index in [9.17, 15) is 9.18 Å². The molecule has 24 heavy (non-hydrogen) atoms. The lowest BCUT2D eigenvalue weighted by atomic mass is 10.2. The number of hydrogen-bond donors (Lipinski definition) is 0. The van der Waals surface area contributed by atoms with Gasteiger partial charge in [0.15, 0.2) is 5.82 Å². The maximum absolute atomic E-state index is 14.1. The van der Waals surface area contributed by atoms with E-state index in [4.69, 9.17) is 0 Å². The zero-order valence-corrected chi connectivity index (χ0v) is 13.3. The van der Waals surface area contributed by atoms with Gasteiger partial charge in [-0.15, -0.1) is 0 Å². The molecule has 0 N–H and O–H groups in total. The summed E-state index contributed by atoms with van der Waals surface area (Å²) in [6.45, 7) is 2.95. The molecule has 0 atom stereocenters. The van der Waals surface area contributed by atoms with Crippen molar-refractivity contribution in [1.82, 2.24) is 29.4 Å². The highest BCUT2D eigenvalue weighted by Gasteiger charge is 2.26. The number of likely N-dealkylation sites (N-methyl/N-ethyl adjacent to an activating group) is 1. The Morgan fingerprint density at radius 2 is 1.96 bits per heavy atom. The summed E-state index contributed by atoms with van der Waals surface area (Å²) in [6, 6.07) is 8.02. The molecule has 1 aliphatic rings. The maximum atomic E-state index is 14.1. The lowest BCUT2D eigenvalue weighted by molar-refractivity contribution is 0.0743. The molecule has 1 aliphatic heterocycles. The van der Waals surface area contributed by atoms with E-state index in [1.807, 2.05) is 0 Å². The standard InChI is InChI=1S/C16H15FN6O/c1-10-18-15(23(19-10)13-6-4-3-5-11(13)17)12-9-14-16(24)21(2)7-8-22(14)20-12/h3-6,9H,7-8H2,1-2H3. The third kappa shape index (κ3) is 2.18. The minimum Gasteiger partial charge on any atom is -0.339 e. The molecule has 122 valence electrons. The molecule has 0 saturated carbocycles. The average molecular weight is 326 g/mol. The van der Waals surface area contributed by atoms with Crippen molar-refractivity contribution in [2.24, 2.45) is 0 Å². The fourth-order valence-electron chi connectivity index (χ4n) is 2.78. The van der Waals surface area contributed by atoms with Crippen LogP contribution in [0.25, 0.3) is 17.2 Å². The minimum atomic E-state index is -0.400. The number of carbonyl (C=O) groups is 1. The Balaban J connectivity index is 1.86. The number of halogens is 1. The molecule has 0 radical (unpaired) electrons. The molecule has 7 nitrogen and oxygen atoms in total. The van der Waals surface area contributed by atoms with Crippen LogP contribution in [-0.4, -0.2) is 48.9 Å². The lowest BCUT2D eigenvalue weighted by Crippen LogP contribution is -2.37. The molecule has 0 bridgehead atoms. The second-order valence-electron chi connectivity index (χ2n) is 5.71. The summed E-state index contributed by atoms with van der Waals surface area (Å²) in [7, 11) is 1.75. The molecule has 0 unspecified atom stereocenters. The summed E-state index contributed by atoms with van der Waals surface area (Å²) in [4.78, 5) is 18.3. The summed E-state index contributed by atoms with van der Waals surface area (Å²) < 4.78 is 17.2. The monoisotopic (exact) mass is 326 g/mol. The molecule has 2 aromatic heterocycles. The highest BCUT2D eigenvalue weighted by atomic mass is 19.1. The Kier molecular flexibility index (Phi) is 3.19. The molecule has 8 heteroatoms. The normalized spacial score (nSPS) is 14.1. The summed E-state index contributed by atoms with van der Waals surface area (Å²) in [5.74, 6) is 0.426. The number of carbonyl (C=O) groups excluding carboxylic acids is 1. The number of nitrogens with zero attached hydrogens (tertiary/aromatic N) is 6. The van der Waals surface area contributed by atoms with Crippen molar-refractivity contribution in [3.63, 3.8) is 0 Å². The second-order valence-corrected chi connectivity index (χ2v) is 5.71. The first-order valence-electron chi connectivity index (χ1n) is 7.57. The Hall–Kier alpha value is -3.03. The van der Waals surface area contributed by atoms with Gasteiger partial charge in [0.1, 0.15) is 28.7 Å². The molecular formula is C16H15FN6O. The van der Waals surface area contributed by atoms with Gasteiger partial charge in [0, 0.05) is 19.7 Å². The number of amides is 1. The summed E-state index contributed by atoms with van der Waals surface area (Å²) in [6.07, 6.45) is 0.